The van der Waals surface area contributed by atoms with Gasteiger partial charge in [-0.15, -0.1) is 0 Å². The summed E-state index contributed by atoms with van der Waals surface area (Å²) in [6.07, 6.45) is 9.89. The van der Waals surface area contributed by atoms with E-state index in [1.165, 1.54) is 16.8 Å². The fourth-order valence-electron chi connectivity index (χ4n) is 4.78. The molecule has 3 aliphatic heterocycles. The van der Waals surface area contributed by atoms with Crippen LogP contribution >= 0.6 is 0 Å². The minimum atomic E-state index is -0.234. The van der Waals surface area contributed by atoms with Gasteiger partial charge in [0.25, 0.3) is 5.70 Å². The molecular formula is C28H31N3O. The second-order valence-electron chi connectivity index (χ2n) is 10.7. The highest BCUT2D eigenvalue weighted by molar-refractivity contribution is 5.72. The number of ether oxygens (including phenoxy) is 1. The van der Waals surface area contributed by atoms with Crippen LogP contribution in [0.15, 0.2) is 53.1 Å². The number of nitriles is 1. The highest BCUT2D eigenvalue weighted by Crippen LogP contribution is 2.47. The lowest BCUT2D eigenvalue weighted by Crippen LogP contribution is -2.39. The molecule has 164 valence electrons. The first-order valence-corrected chi connectivity index (χ1v) is 11.3. The number of benzene rings is 1. The summed E-state index contributed by atoms with van der Waals surface area (Å²) in [6, 6.07) is 7.18. The molecule has 4 nitrogen and oxygen atoms in total. The number of anilines is 1. The first kappa shape index (κ1) is 22.0. The van der Waals surface area contributed by atoms with Gasteiger partial charge in [0.2, 0.25) is 0 Å². The summed E-state index contributed by atoms with van der Waals surface area (Å²) in [6.45, 7) is 21.7. The van der Waals surface area contributed by atoms with E-state index >= 15 is 0 Å². The molecule has 4 rings (SSSR count). The van der Waals surface area contributed by atoms with Crippen molar-refractivity contribution in [2.75, 3.05) is 11.4 Å². The van der Waals surface area contributed by atoms with E-state index in [-0.39, 0.29) is 16.5 Å². The minimum Gasteiger partial charge on any atom is -0.461 e. The first-order valence-electron chi connectivity index (χ1n) is 11.3. The van der Waals surface area contributed by atoms with Crippen molar-refractivity contribution in [1.29, 1.82) is 5.26 Å². The Kier molecular flexibility index (Phi) is 5.30. The highest BCUT2D eigenvalue weighted by atomic mass is 16.5. The van der Waals surface area contributed by atoms with Gasteiger partial charge in [-0.05, 0) is 77.8 Å². The second-order valence-corrected chi connectivity index (χ2v) is 10.7. The Hall–Kier alpha value is -3.24. The van der Waals surface area contributed by atoms with Crippen molar-refractivity contribution in [3.8, 4) is 6.07 Å². The van der Waals surface area contributed by atoms with Gasteiger partial charge in [-0.25, -0.2) is 10.1 Å². The molecule has 3 heterocycles. The van der Waals surface area contributed by atoms with Crippen molar-refractivity contribution in [1.82, 2.24) is 0 Å². The summed E-state index contributed by atoms with van der Waals surface area (Å²) in [5.74, 6) is 1.40. The van der Waals surface area contributed by atoms with Crippen LogP contribution in [0.2, 0.25) is 0 Å². The lowest BCUT2D eigenvalue weighted by molar-refractivity contribution is 0.223. The maximum Gasteiger partial charge on any atom is 0.269 e. The average molecular weight is 426 g/mol. The quantitative estimate of drug-likeness (QED) is 0.392. The number of allylic oxidation sites excluding steroid dienone is 6. The molecule has 1 atom stereocenters. The second kappa shape index (κ2) is 7.72. The van der Waals surface area contributed by atoms with Gasteiger partial charge >= 0.3 is 0 Å². The molecule has 0 bridgehead atoms. The van der Waals surface area contributed by atoms with Crippen LogP contribution in [-0.2, 0) is 16.6 Å². The Bertz CT molecular complexity index is 1160. The number of hydrogen-bond donors (Lipinski definition) is 0. The van der Waals surface area contributed by atoms with Crippen molar-refractivity contribution < 1.29 is 4.74 Å². The molecule has 0 fully saturated rings. The molecule has 3 aliphatic rings. The zero-order valence-corrected chi connectivity index (χ0v) is 19.9. The molecule has 0 N–H and O–H groups in total. The van der Waals surface area contributed by atoms with Crippen LogP contribution in [0.25, 0.3) is 10.9 Å². The molecule has 0 amide bonds. The van der Waals surface area contributed by atoms with Crippen LogP contribution < -0.4 is 4.90 Å². The van der Waals surface area contributed by atoms with E-state index in [0.29, 0.717) is 17.4 Å². The monoisotopic (exact) mass is 425 g/mol. The Morgan fingerprint density at radius 1 is 1.28 bits per heavy atom. The zero-order chi connectivity index (χ0) is 23.3. The smallest absolute Gasteiger partial charge is 0.269 e. The van der Waals surface area contributed by atoms with E-state index in [0.717, 1.165) is 30.7 Å². The van der Waals surface area contributed by atoms with E-state index in [1.807, 2.05) is 18.2 Å². The third-order valence-corrected chi connectivity index (χ3v) is 6.74. The summed E-state index contributed by atoms with van der Waals surface area (Å²) in [5, 5.41) is 9.36. The number of hydrogen-bond acceptors (Lipinski definition) is 3. The lowest BCUT2D eigenvalue weighted by atomic mass is 9.76. The van der Waals surface area contributed by atoms with Crippen LogP contribution in [0.5, 0.6) is 0 Å². The Labute approximate surface area is 192 Å². The van der Waals surface area contributed by atoms with Gasteiger partial charge in [0.05, 0.1) is 12.6 Å². The summed E-state index contributed by atoms with van der Waals surface area (Å²) in [5.41, 5.74) is 6.07. The minimum absolute atomic E-state index is 0.0822. The van der Waals surface area contributed by atoms with Gasteiger partial charge in [-0.1, -0.05) is 40.7 Å². The molecule has 0 radical (unpaired) electrons. The van der Waals surface area contributed by atoms with Gasteiger partial charge in [0, 0.05) is 23.7 Å². The molecule has 4 heteroatoms. The van der Waals surface area contributed by atoms with Crippen LogP contribution in [-0.4, -0.2) is 12.6 Å². The fourth-order valence-corrected chi connectivity index (χ4v) is 4.78. The lowest BCUT2D eigenvalue weighted by Gasteiger charge is -2.40. The number of rotatable bonds is 2. The van der Waals surface area contributed by atoms with Crippen molar-refractivity contribution in [3.05, 3.63) is 81.3 Å². The van der Waals surface area contributed by atoms with Crippen LogP contribution in [0.3, 0.4) is 0 Å². The molecule has 1 aromatic carbocycles. The fraction of sp³-hybridized carbons (Fsp3) is 0.429. The van der Waals surface area contributed by atoms with Gasteiger partial charge in [-0.2, -0.15) is 0 Å². The van der Waals surface area contributed by atoms with Crippen LogP contribution in [0.4, 0.5) is 5.69 Å². The summed E-state index contributed by atoms with van der Waals surface area (Å²) < 4.78 is 6.16. The van der Waals surface area contributed by atoms with Gasteiger partial charge in [-0.3, -0.25) is 0 Å². The molecule has 0 saturated heterocycles. The Balaban J connectivity index is 1.73. The summed E-state index contributed by atoms with van der Waals surface area (Å²) >= 11 is 0. The van der Waals surface area contributed by atoms with Crippen molar-refractivity contribution in [2.45, 2.75) is 65.8 Å². The molecule has 1 unspecified atom stereocenters. The van der Waals surface area contributed by atoms with Crippen molar-refractivity contribution in [3.63, 3.8) is 0 Å². The van der Waals surface area contributed by atoms with Gasteiger partial charge < -0.3 is 9.64 Å². The van der Waals surface area contributed by atoms with E-state index < -0.39 is 0 Å². The summed E-state index contributed by atoms with van der Waals surface area (Å²) in [7, 11) is 0. The van der Waals surface area contributed by atoms with E-state index in [9.17, 15) is 5.26 Å². The zero-order valence-electron chi connectivity index (χ0n) is 19.9. The standard InChI is InChI=1S/C28H31N3O/c1-18-12-21-13-19(14-23-26(21)31(18)11-10-28(23,5)6)8-9-22-15-20(24(17-29)30-7)16-25(32-22)27(2,3)4/h8-9,13-16,18H,10-12H2,1-6H3/b9-8+,24-20-. The molecule has 0 aliphatic carbocycles. The van der Waals surface area contributed by atoms with Crippen molar-refractivity contribution >= 4 is 11.8 Å². The van der Waals surface area contributed by atoms with E-state index in [4.69, 9.17) is 11.3 Å². The van der Waals surface area contributed by atoms with Crippen LogP contribution in [0, 0.1) is 23.3 Å². The highest BCUT2D eigenvalue weighted by Gasteiger charge is 2.38. The Morgan fingerprint density at radius 2 is 2.03 bits per heavy atom. The maximum atomic E-state index is 9.36. The van der Waals surface area contributed by atoms with E-state index in [1.54, 1.807) is 6.08 Å². The predicted octanol–water partition coefficient (Wildman–Crippen LogP) is 6.67. The molecular weight excluding hydrogens is 394 g/mol. The predicted molar refractivity (Wildman–Crippen MR) is 130 cm³/mol. The summed E-state index contributed by atoms with van der Waals surface area (Å²) in [4.78, 5) is 5.96. The number of nitrogens with zero attached hydrogens (tertiary/aromatic N) is 3. The Morgan fingerprint density at radius 3 is 2.69 bits per heavy atom. The molecule has 1 aromatic rings. The topological polar surface area (TPSA) is 40.6 Å². The average Bonchev–Trinajstić information content (AvgIpc) is 3.05. The first-order chi connectivity index (χ1) is 15.0. The maximum absolute atomic E-state index is 9.36. The third-order valence-electron chi connectivity index (χ3n) is 6.74. The normalized spacial score (nSPS) is 23.0. The molecule has 0 saturated carbocycles. The third kappa shape index (κ3) is 3.87. The van der Waals surface area contributed by atoms with Crippen molar-refractivity contribution in [2.24, 2.45) is 5.41 Å². The van der Waals surface area contributed by atoms with E-state index in [2.05, 4.69) is 69.5 Å². The van der Waals surface area contributed by atoms with Gasteiger partial charge in [0.15, 0.2) is 0 Å². The van der Waals surface area contributed by atoms with Crippen LogP contribution in [0.1, 0.15) is 64.7 Å². The largest absolute Gasteiger partial charge is 0.461 e. The molecule has 0 spiro atoms. The van der Waals surface area contributed by atoms with Gasteiger partial charge in [0.1, 0.15) is 11.5 Å². The molecule has 0 aromatic heterocycles. The SMILES string of the molecule is [C-]#[N+]/C(C#N)=C1C=C(/C=C/c2cc3c4c(c2)C(C)(C)CCN4C(C)C3)OC(C(C)(C)C)=C/1. The molecule has 32 heavy (non-hydrogen) atoms.